The lowest BCUT2D eigenvalue weighted by atomic mass is 10.0. The van der Waals surface area contributed by atoms with Crippen molar-refractivity contribution < 1.29 is 9.53 Å². The molecule has 1 amide bonds. The van der Waals surface area contributed by atoms with Crippen LogP contribution in [0.4, 0.5) is 0 Å². The van der Waals surface area contributed by atoms with E-state index in [4.69, 9.17) is 10.5 Å². The van der Waals surface area contributed by atoms with Gasteiger partial charge in [0, 0.05) is 13.7 Å². The smallest absolute Gasteiger partial charge is 0.242 e. The van der Waals surface area contributed by atoms with Crippen molar-refractivity contribution in [3.05, 3.63) is 0 Å². The Labute approximate surface area is 79.0 Å². The van der Waals surface area contributed by atoms with Crippen molar-refractivity contribution in [3.8, 4) is 0 Å². The van der Waals surface area contributed by atoms with Crippen molar-refractivity contribution in [1.82, 2.24) is 4.90 Å². The molecule has 2 N–H and O–H groups in total. The van der Waals surface area contributed by atoms with Gasteiger partial charge in [0.05, 0.1) is 18.2 Å². The highest BCUT2D eigenvalue weighted by atomic mass is 16.5. The Bertz CT molecular complexity index is 192. The normalized spacial score (nSPS) is 23.2. The number of carbonyl (C=O) groups excluding carboxylic acids is 1. The third kappa shape index (κ3) is 2.42. The second kappa shape index (κ2) is 3.64. The molecular weight excluding hydrogens is 168 g/mol. The van der Waals surface area contributed by atoms with Gasteiger partial charge in [-0.3, -0.25) is 4.79 Å². The molecule has 0 spiro atoms. The van der Waals surface area contributed by atoms with Crippen molar-refractivity contribution in [3.63, 3.8) is 0 Å². The van der Waals surface area contributed by atoms with E-state index in [1.165, 1.54) is 0 Å². The molecule has 1 aliphatic heterocycles. The zero-order valence-corrected chi connectivity index (χ0v) is 8.54. The Morgan fingerprint density at radius 1 is 1.62 bits per heavy atom. The summed E-state index contributed by atoms with van der Waals surface area (Å²) >= 11 is 0. The summed E-state index contributed by atoms with van der Waals surface area (Å²) in [6.07, 6.45) is 0.915. The zero-order chi connectivity index (χ0) is 10.1. The van der Waals surface area contributed by atoms with Crippen LogP contribution >= 0.6 is 0 Å². The van der Waals surface area contributed by atoms with Gasteiger partial charge in [-0.2, -0.15) is 0 Å². The molecule has 0 aromatic rings. The first kappa shape index (κ1) is 10.5. The second-order valence-electron chi connectivity index (χ2n) is 4.16. The Hall–Kier alpha value is -0.610. The number of likely N-dealkylation sites (N-methyl/N-ethyl adjacent to an activating group) is 1. The topological polar surface area (TPSA) is 55.6 Å². The molecule has 0 bridgehead atoms. The summed E-state index contributed by atoms with van der Waals surface area (Å²) in [5, 5.41) is 0. The maximum absolute atomic E-state index is 11.7. The molecule has 13 heavy (non-hydrogen) atoms. The molecule has 1 atom stereocenters. The highest BCUT2D eigenvalue weighted by Gasteiger charge is 2.31. The van der Waals surface area contributed by atoms with Gasteiger partial charge in [0.2, 0.25) is 5.91 Å². The van der Waals surface area contributed by atoms with Crippen molar-refractivity contribution in [1.29, 1.82) is 0 Å². The van der Waals surface area contributed by atoms with E-state index >= 15 is 0 Å². The number of hydrogen-bond acceptors (Lipinski definition) is 3. The number of carbonyl (C=O) groups is 1. The molecule has 1 heterocycles. The molecule has 1 aliphatic rings. The van der Waals surface area contributed by atoms with E-state index in [1.807, 2.05) is 0 Å². The maximum Gasteiger partial charge on any atom is 0.242 e. The molecule has 0 aromatic carbocycles. The predicted octanol–water partition coefficient (Wildman–Crippen LogP) is -0.0290. The van der Waals surface area contributed by atoms with E-state index in [0.717, 1.165) is 13.0 Å². The predicted molar refractivity (Wildman–Crippen MR) is 50.3 cm³/mol. The van der Waals surface area contributed by atoms with Crippen molar-refractivity contribution >= 4 is 5.91 Å². The van der Waals surface area contributed by atoms with Gasteiger partial charge in [0.15, 0.2) is 0 Å². The highest BCUT2D eigenvalue weighted by molar-refractivity contribution is 5.85. The molecule has 0 aromatic heterocycles. The van der Waals surface area contributed by atoms with Gasteiger partial charge in [0.1, 0.15) is 0 Å². The van der Waals surface area contributed by atoms with Crippen molar-refractivity contribution in [2.45, 2.75) is 31.8 Å². The van der Waals surface area contributed by atoms with Crippen molar-refractivity contribution in [2.75, 3.05) is 20.3 Å². The minimum absolute atomic E-state index is 0.0250. The lowest BCUT2D eigenvalue weighted by molar-refractivity contribution is -0.136. The molecule has 0 aliphatic carbocycles. The average Bonchev–Trinajstić information content (AvgIpc) is 2.51. The van der Waals surface area contributed by atoms with Gasteiger partial charge in [-0.15, -0.1) is 0 Å². The molecular formula is C9H18N2O2. The number of nitrogens with two attached hydrogens (primary N) is 1. The highest BCUT2D eigenvalue weighted by Crippen LogP contribution is 2.13. The second-order valence-corrected chi connectivity index (χ2v) is 4.16. The van der Waals surface area contributed by atoms with Crippen LogP contribution in [0.1, 0.15) is 20.3 Å². The fourth-order valence-electron chi connectivity index (χ4n) is 1.45. The number of ether oxygens (including phenoxy) is 1. The minimum Gasteiger partial charge on any atom is -0.379 e. The van der Waals surface area contributed by atoms with Crippen LogP contribution in [0.15, 0.2) is 0 Å². The fraction of sp³-hybridized carbons (Fsp3) is 0.889. The number of hydrogen-bond donors (Lipinski definition) is 1. The first-order valence-corrected chi connectivity index (χ1v) is 4.57. The van der Waals surface area contributed by atoms with Gasteiger partial charge in [-0.25, -0.2) is 0 Å². The molecule has 0 saturated carbocycles. The molecule has 76 valence electrons. The van der Waals surface area contributed by atoms with Gasteiger partial charge < -0.3 is 15.4 Å². The summed E-state index contributed by atoms with van der Waals surface area (Å²) in [5.74, 6) is -0.0250. The van der Waals surface area contributed by atoms with Crippen LogP contribution in [0, 0.1) is 0 Å². The lowest BCUT2D eigenvalue weighted by Crippen LogP contribution is -2.53. The molecule has 1 unspecified atom stereocenters. The van der Waals surface area contributed by atoms with Crippen LogP contribution in [-0.4, -0.2) is 42.6 Å². The third-order valence-electron chi connectivity index (χ3n) is 2.32. The van der Waals surface area contributed by atoms with E-state index in [9.17, 15) is 4.79 Å². The summed E-state index contributed by atoms with van der Waals surface area (Å²) < 4.78 is 5.21. The molecule has 0 radical (unpaired) electrons. The van der Waals surface area contributed by atoms with Gasteiger partial charge in [0.25, 0.3) is 0 Å². The van der Waals surface area contributed by atoms with Gasteiger partial charge >= 0.3 is 0 Å². The van der Waals surface area contributed by atoms with E-state index < -0.39 is 5.54 Å². The first-order chi connectivity index (χ1) is 5.93. The van der Waals surface area contributed by atoms with E-state index in [0.29, 0.717) is 6.61 Å². The van der Waals surface area contributed by atoms with E-state index in [-0.39, 0.29) is 11.9 Å². The minimum atomic E-state index is -0.780. The monoisotopic (exact) mass is 186 g/mol. The number of amides is 1. The number of nitrogens with zero attached hydrogens (tertiary/aromatic N) is 1. The number of rotatable bonds is 2. The first-order valence-electron chi connectivity index (χ1n) is 4.57. The third-order valence-corrected chi connectivity index (χ3v) is 2.32. The van der Waals surface area contributed by atoms with Crippen LogP contribution in [0.25, 0.3) is 0 Å². The molecule has 1 fully saturated rings. The Morgan fingerprint density at radius 2 is 2.23 bits per heavy atom. The quantitative estimate of drug-likeness (QED) is 0.659. The Morgan fingerprint density at radius 3 is 2.62 bits per heavy atom. The fourth-order valence-corrected chi connectivity index (χ4v) is 1.45. The molecule has 1 saturated heterocycles. The summed E-state index contributed by atoms with van der Waals surface area (Å²) in [5.41, 5.74) is 4.94. The summed E-state index contributed by atoms with van der Waals surface area (Å²) in [6, 6.07) is 0.204. The van der Waals surface area contributed by atoms with Crippen LogP contribution in [0.3, 0.4) is 0 Å². The maximum atomic E-state index is 11.7. The van der Waals surface area contributed by atoms with Crippen LogP contribution in [0.2, 0.25) is 0 Å². The Kier molecular flexibility index (Phi) is 2.93. The summed E-state index contributed by atoms with van der Waals surface area (Å²) in [4.78, 5) is 13.4. The lowest BCUT2D eigenvalue weighted by Gasteiger charge is -2.29. The van der Waals surface area contributed by atoms with Gasteiger partial charge in [-0.1, -0.05) is 0 Å². The average molecular weight is 186 g/mol. The van der Waals surface area contributed by atoms with E-state index in [1.54, 1.807) is 25.8 Å². The standard InChI is InChI=1S/C9H18N2O2/c1-9(2,10)8(12)11(3)7-4-5-13-6-7/h7H,4-6,10H2,1-3H3. The largest absolute Gasteiger partial charge is 0.379 e. The van der Waals surface area contributed by atoms with Crippen LogP contribution < -0.4 is 5.73 Å². The molecule has 4 nitrogen and oxygen atoms in total. The van der Waals surface area contributed by atoms with E-state index in [2.05, 4.69) is 0 Å². The summed E-state index contributed by atoms with van der Waals surface area (Å²) in [7, 11) is 1.79. The SMILES string of the molecule is CN(C(=O)C(C)(C)N)C1CCOC1. The van der Waals surface area contributed by atoms with Crippen LogP contribution in [0.5, 0.6) is 0 Å². The van der Waals surface area contributed by atoms with Gasteiger partial charge in [-0.05, 0) is 20.3 Å². The zero-order valence-electron chi connectivity index (χ0n) is 8.54. The van der Waals surface area contributed by atoms with Crippen molar-refractivity contribution in [2.24, 2.45) is 5.73 Å². The summed E-state index contributed by atoms with van der Waals surface area (Å²) in [6.45, 7) is 4.83. The molecule has 1 rings (SSSR count). The molecule has 4 heteroatoms. The van der Waals surface area contributed by atoms with Crippen LogP contribution in [-0.2, 0) is 9.53 Å². The Balaban J connectivity index is 2.56.